The highest BCUT2D eigenvalue weighted by Gasteiger charge is 2.35. The molecule has 13 heavy (non-hydrogen) atoms. The Labute approximate surface area is 82.8 Å². The largest absolute Gasteiger partial charge is 0.301 e. The molecule has 1 aliphatic rings. The predicted molar refractivity (Wildman–Crippen MR) is 58.9 cm³/mol. The summed E-state index contributed by atoms with van der Waals surface area (Å²) in [6.07, 6.45) is 6.54. The van der Waals surface area contributed by atoms with Crippen molar-refractivity contribution in [2.24, 2.45) is 0 Å². The van der Waals surface area contributed by atoms with Crippen LogP contribution in [0.5, 0.6) is 0 Å². The minimum Gasteiger partial charge on any atom is -0.301 e. The van der Waals surface area contributed by atoms with Crippen molar-refractivity contribution in [3.8, 4) is 0 Å². The lowest BCUT2D eigenvalue weighted by Crippen LogP contribution is -2.40. The summed E-state index contributed by atoms with van der Waals surface area (Å²) >= 11 is 0. The number of hydrogen-bond donors (Lipinski definition) is 0. The van der Waals surface area contributed by atoms with E-state index in [1.165, 1.54) is 44.2 Å². The molecule has 0 saturated carbocycles. The summed E-state index contributed by atoms with van der Waals surface area (Å²) in [5.41, 5.74) is 1.83. The number of rotatable bonds is 4. The minimum absolute atomic E-state index is 0.499. The second kappa shape index (κ2) is 4.28. The Morgan fingerprint density at radius 1 is 1.54 bits per heavy atom. The third-order valence-electron chi connectivity index (χ3n) is 3.62. The predicted octanol–water partition coefficient (Wildman–Crippen LogP) is 3.22. The monoisotopic (exact) mass is 181 g/mol. The summed E-state index contributed by atoms with van der Waals surface area (Å²) in [5.74, 6) is 0. The van der Waals surface area contributed by atoms with Gasteiger partial charge < -0.3 is 4.90 Å². The van der Waals surface area contributed by atoms with Gasteiger partial charge in [0.25, 0.3) is 0 Å². The molecule has 1 heteroatoms. The van der Waals surface area contributed by atoms with Crippen molar-refractivity contribution in [1.82, 2.24) is 4.90 Å². The Bertz CT molecular complexity index is 186. The maximum absolute atomic E-state index is 3.99. The molecular formula is C12H23N. The number of allylic oxidation sites excluding steroid dienone is 1. The van der Waals surface area contributed by atoms with E-state index < -0.39 is 0 Å². The van der Waals surface area contributed by atoms with E-state index in [1.807, 2.05) is 0 Å². The first-order valence-corrected chi connectivity index (χ1v) is 5.46. The fraction of sp³-hybridized carbons (Fsp3) is 0.833. The van der Waals surface area contributed by atoms with Gasteiger partial charge in [0.15, 0.2) is 0 Å². The van der Waals surface area contributed by atoms with Gasteiger partial charge >= 0.3 is 0 Å². The van der Waals surface area contributed by atoms with Crippen molar-refractivity contribution in [2.75, 3.05) is 13.6 Å². The average molecular weight is 181 g/mol. The first kappa shape index (κ1) is 10.8. The van der Waals surface area contributed by atoms with E-state index in [2.05, 4.69) is 32.4 Å². The summed E-state index contributed by atoms with van der Waals surface area (Å²) in [6, 6.07) is 0. The smallest absolute Gasteiger partial charge is 0.0207 e. The highest BCUT2D eigenvalue weighted by Crippen LogP contribution is 2.35. The minimum atomic E-state index is 0.499. The molecule has 1 rings (SSSR count). The van der Waals surface area contributed by atoms with Crippen LogP contribution in [-0.4, -0.2) is 24.0 Å². The highest BCUT2D eigenvalue weighted by atomic mass is 15.2. The van der Waals surface area contributed by atoms with E-state index in [4.69, 9.17) is 0 Å². The van der Waals surface area contributed by atoms with Crippen molar-refractivity contribution in [2.45, 2.75) is 51.5 Å². The highest BCUT2D eigenvalue weighted by molar-refractivity contribution is 4.98. The normalized spacial score (nSPS) is 29.5. The molecule has 76 valence electrons. The summed E-state index contributed by atoms with van der Waals surface area (Å²) in [7, 11) is 2.27. The maximum Gasteiger partial charge on any atom is 0.0207 e. The molecular weight excluding hydrogens is 158 g/mol. The Kier molecular flexibility index (Phi) is 3.55. The lowest BCUT2D eigenvalue weighted by Gasteiger charge is -2.35. The van der Waals surface area contributed by atoms with Crippen LogP contribution in [0, 0.1) is 0 Å². The molecule has 0 bridgehead atoms. The van der Waals surface area contributed by atoms with Gasteiger partial charge in [-0.25, -0.2) is 0 Å². The number of nitrogens with zero attached hydrogens (tertiary/aromatic N) is 1. The van der Waals surface area contributed by atoms with E-state index in [9.17, 15) is 0 Å². The zero-order valence-electron chi connectivity index (χ0n) is 9.40. The summed E-state index contributed by atoms with van der Waals surface area (Å²) < 4.78 is 0. The van der Waals surface area contributed by atoms with E-state index in [0.29, 0.717) is 5.54 Å². The standard InChI is InChI=1S/C12H23N/c1-5-12(9-7-11(2)3)8-6-10-13(12)4/h2,5-10H2,1,3-4H3. The second-order valence-electron chi connectivity index (χ2n) is 4.56. The van der Waals surface area contributed by atoms with Crippen LogP contribution in [0.1, 0.15) is 46.0 Å². The van der Waals surface area contributed by atoms with Gasteiger partial charge in [-0.15, -0.1) is 6.58 Å². The summed E-state index contributed by atoms with van der Waals surface area (Å²) in [4.78, 5) is 2.55. The van der Waals surface area contributed by atoms with Crippen molar-refractivity contribution < 1.29 is 0 Å². The van der Waals surface area contributed by atoms with E-state index >= 15 is 0 Å². The van der Waals surface area contributed by atoms with Gasteiger partial charge in [0.2, 0.25) is 0 Å². The summed E-state index contributed by atoms with van der Waals surface area (Å²) in [6.45, 7) is 9.73. The molecule has 1 nitrogen and oxygen atoms in total. The van der Waals surface area contributed by atoms with Crippen LogP contribution >= 0.6 is 0 Å². The average Bonchev–Trinajstić information content (AvgIpc) is 2.45. The Morgan fingerprint density at radius 2 is 2.23 bits per heavy atom. The quantitative estimate of drug-likeness (QED) is 0.602. The molecule has 1 aliphatic heterocycles. The van der Waals surface area contributed by atoms with E-state index in [1.54, 1.807) is 0 Å². The molecule has 0 radical (unpaired) electrons. The second-order valence-corrected chi connectivity index (χ2v) is 4.56. The lowest BCUT2D eigenvalue weighted by molar-refractivity contribution is 0.154. The molecule has 0 aromatic heterocycles. The van der Waals surface area contributed by atoms with Crippen molar-refractivity contribution in [3.05, 3.63) is 12.2 Å². The van der Waals surface area contributed by atoms with Crippen LogP contribution in [-0.2, 0) is 0 Å². The zero-order chi connectivity index (χ0) is 9.90. The Morgan fingerprint density at radius 3 is 2.62 bits per heavy atom. The lowest BCUT2D eigenvalue weighted by atomic mass is 9.87. The molecule has 0 spiro atoms. The van der Waals surface area contributed by atoms with Crippen LogP contribution < -0.4 is 0 Å². The fourth-order valence-corrected chi connectivity index (χ4v) is 2.46. The molecule has 1 atom stereocenters. The molecule has 0 N–H and O–H groups in total. The third kappa shape index (κ3) is 2.34. The maximum atomic E-state index is 3.99. The summed E-state index contributed by atoms with van der Waals surface area (Å²) in [5, 5.41) is 0. The van der Waals surface area contributed by atoms with Gasteiger partial charge in [-0.1, -0.05) is 12.5 Å². The van der Waals surface area contributed by atoms with E-state index in [-0.39, 0.29) is 0 Å². The molecule has 0 aromatic carbocycles. The first-order chi connectivity index (χ1) is 6.10. The number of likely N-dealkylation sites (tertiary alicyclic amines) is 1. The molecule has 1 heterocycles. The van der Waals surface area contributed by atoms with Gasteiger partial charge in [0.1, 0.15) is 0 Å². The molecule has 0 amide bonds. The molecule has 0 aromatic rings. The van der Waals surface area contributed by atoms with Crippen molar-refractivity contribution in [3.63, 3.8) is 0 Å². The first-order valence-electron chi connectivity index (χ1n) is 5.46. The SMILES string of the molecule is C=C(C)CCC1(CC)CCCN1C. The van der Waals surface area contributed by atoms with Gasteiger partial charge in [0, 0.05) is 5.54 Å². The third-order valence-corrected chi connectivity index (χ3v) is 3.62. The molecule has 1 fully saturated rings. The topological polar surface area (TPSA) is 3.24 Å². The van der Waals surface area contributed by atoms with Gasteiger partial charge in [-0.3, -0.25) is 0 Å². The molecule has 1 saturated heterocycles. The molecule has 0 aliphatic carbocycles. The fourth-order valence-electron chi connectivity index (χ4n) is 2.46. The van der Waals surface area contributed by atoms with Crippen molar-refractivity contribution in [1.29, 1.82) is 0 Å². The Hall–Kier alpha value is -0.300. The van der Waals surface area contributed by atoms with Crippen molar-refractivity contribution >= 4 is 0 Å². The Balaban J connectivity index is 2.53. The van der Waals surface area contributed by atoms with Crippen LogP contribution in [0.3, 0.4) is 0 Å². The van der Waals surface area contributed by atoms with E-state index in [0.717, 1.165) is 0 Å². The van der Waals surface area contributed by atoms with Gasteiger partial charge in [-0.05, 0) is 52.6 Å². The zero-order valence-corrected chi connectivity index (χ0v) is 9.40. The van der Waals surface area contributed by atoms with Crippen LogP contribution in [0.2, 0.25) is 0 Å². The number of hydrogen-bond acceptors (Lipinski definition) is 1. The van der Waals surface area contributed by atoms with Gasteiger partial charge in [-0.2, -0.15) is 0 Å². The van der Waals surface area contributed by atoms with Crippen LogP contribution in [0.4, 0.5) is 0 Å². The molecule has 1 unspecified atom stereocenters. The van der Waals surface area contributed by atoms with Crippen LogP contribution in [0.15, 0.2) is 12.2 Å². The van der Waals surface area contributed by atoms with Crippen LogP contribution in [0.25, 0.3) is 0 Å². The van der Waals surface area contributed by atoms with Gasteiger partial charge in [0.05, 0.1) is 0 Å².